The molecule has 2 atom stereocenters. The maximum atomic E-state index is 13.1. The Kier molecular flexibility index (Phi) is 10.1. The van der Waals surface area contributed by atoms with Crippen molar-refractivity contribution in [3.05, 3.63) is 78.1 Å². The number of rotatable bonds is 14. The van der Waals surface area contributed by atoms with Crippen LogP contribution < -0.4 is 15.6 Å². The highest BCUT2D eigenvalue weighted by Gasteiger charge is 2.49. The quantitative estimate of drug-likeness (QED) is 0.208. The van der Waals surface area contributed by atoms with E-state index in [1.54, 1.807) is 30.0 Å². The summed E-state index contributed by atoms with van der Waals surface area (Å²) in [6, 6.07) is 13.7. The molecule has 9 heteroatoms. The fraction of sp³-hybridized carbons (Fsp3) is 0.385. The van der Waals surface area contributed by atoms with Crippen LogP contribution in [0.25, 0.3) is 0 Å². The van der Waals surface area contributed by atoms with E-state index in [0.717, 1.165) is 22.6 Å². The summed E-state index contributed by atoms with van der Waals surface area (Å²) < 4.78 is 24.5. The van der Waals surface area contributed by atoms with Crippen LogP contribution in [-0.2, 0) is 15.3 Å². The number of thioether (sulfide) groups is 1. The number of benzene rings is 2. The topological polar surface area (TPSA) is 92.2 Å². The number of hydrogen-bond acceptors (Lipinski definition) is 7. The van der Waals surface area contributed by atoms with Crippen molar-refractivity contribution in [2.24, 2.45) is 4.99 Å². The number of nitrogens with zero attached hydrogens (tertiary/aromatic N) is 1. The van der Waals surface area contributed by atoms with Crippen molar-refractivity contribution in [2.75, 3.05) is 25.5 Å². The maximum Gasteiger partial charge on any atom is 0.266 e. The molecule has 0 saturated carbocycles. The lowest BCUT2D eigenvalue weighted by Crippen LogP contribution is -2.54. The van der Waals surface area contributed by atoms with Crippen LogP contribution in [0, 0.1) is 5.82 Å². The van der Waals surface area contributed by atoms with Crippen molar-refractivity contribution in [3.8, 4) is 5.75 Å². The van der Waals surface area contributed by atoms with Crippen molar-refractivity contribution < 1.29 is 23.8 Å². The van der Waals surface area contributed by atoms with E-state index in [1.165, 1.54) is 12.1 Å². The second-order valence-corrected chi connectivity index (χ2v) is 9.21. The Hall–Kier alpha value is -2.88. The van der Waals surface area contributed by atoms with Gasteiger partial charge in [-0.1, -0.05) is 18.2 Å². The summed E-state index contributed by atoms with van der Waals surface area (Å²) in [5.74, 6) is 2.08. The third-order valence-corrected chi connectivity index (χ3v) is 6.57. The third-order valence-electron chi connectivity index (χ3n) is 5.54. The van der Waals surface area contributed by atoms with Crippen LogP contribution in [-0.4, -0.2) is 54.1 Å². The van der Waals surface area contributed by atoms with Crippen molar-refractivity contribution in [1.29, 1.82) is 0 Å². The van der Waals surface area contributed by atoms with Gasteiger partial charge in [0.1, 0.15) is 17.7 Å². The van der Waals surface area contributed by atoms with E-state index in [1.807, 2.05) is 31.2 Å². The van der Waals surface area contributed by atoms with Gasteiger partial charge in [0, 0.05) is 43.1 Å². The van der Waals surface area contributed by atoms with E-state index in [0.29, 0.717) is 37.6 Å². The number of aliphatic hydroxyl groups is 1. The third kappa shape index (κ3) is 7.30. The minimum atomic E-state index is -1.12. The summed E-state index contributed by atoms with van der Waals surface area (Å²) in [5.41, 5.74) is 6.42. The summed E-state index contributed by atoms with van der Waals surface area (Å²) in [6.45, 7) is 6.70. The van der Waals surface area contributed by atoms with Gasteiger partial charge in [0.25, 0.3) is 5.91 Å². The summed E-state index contributed by atoms with van der Waals surface area (Å²) in [5, 5.41) is 8.87. The minimum absolute atomic E-state index is 0.0811. The first-order chi connectivity index (χ1) is 17.0. The summed E-state index contributed by atoms with van der Waals surface area (Å²) in [6.07, 6.45) is 2.08. The van der Waals surface area contributed by atoms with Crippen LogP contribution in [0.15, 0.2) is 66.2 Å². The van der Waals surface area contributed by atoms with E-state index >= 15 is 0 Å². The second-order valence-electron chi connectivity index (χ2n) is 8.10. The molecule has 0 radical (unpaired) electrons. The summed E-state index contributed by atoms with van der Waals surface area (Å²) >= 11 is 1.68. The highest BCUT2D eigenvalue weighted by atomic mass is 32.2. The van der Waals surface area contributed by atoms with Crippen molar-refractivity contribution >= 4 is 23.6 Å². The Bertz CT molecular complexity index is 1000. The normalized spacial score (nSPS) is 19.1. The smallest absolute Gasteiger partial charge is 0.266 e. The van der Waals surface area contributed by atoms with Gasteiger partial charge < -0.3 is 14.6 Å². The van der Waals surface area contributed by atoms with E-state index in [-0.39, 0.29) is 18.3 Å². The van der Waals surface area contributed by atoms with E-state index in [2.05, 4.69) is 22.4 Å². The lowest BCUT2D eigenvalue weighted by atomic mass is 9.90. The number of carbonyl (C=O) groups is 1. The molecule has 0 fully saturated rings. The van der Waals surface area contributed by atoms with E-state index < -0.39 is 11.6 Å². The highest BCUT2D eigenvalue weighted by molar-refractivity contribution is 7.98. The predicted molar refractivity (Wildman–Crippen MR) is 137 cm³/mol. The first-order valence-electron chi connectivity index (χ1n) is 11.6. The molecule has 35 heavy (non-hydrogen) atoms. The number of halogens is 1. The van der Waals surface area contributed by atoms with Crippen LogP contribution in [0.2, 0.25) is 0 Å². The van der Waals surface area contributed by atoms with Gasteiger partial charge in [-0.25, -0.2) is 14.8 Å². The van der Waals surface area contributed by atoms with E-state index in [9.17, 15) is 9.18 Å². The average Bonchev–Trinajstić information content (AvgIpc) is 3.20. The molecule has 0 unspecified atom stereocenters. The van der Waals surface area contributed by atoms with Crippen LogP contribution in [0.3, 0.4) is 0 Å². The molecule has 0 spiro atoms. The number of nitrogens with one attached hydrogen (secondary N) is 2. The first-order valence-corrected chi connectivity index (χ1v) is 12.7. The fourth-order valence-electron chi connectivity index (χ4n) is 3.55. The highest BCUT2D eigenvalue weighted by Crippen LogP contribution is 2.32. The molecule has 0 saturated heterocycles. The molecule has 3 N–H and O–H groups in total. The van der Waals surface area contributed by atoms with Gasteiger partial charge in [0.15, 0.2) is 5.54 Å². The van der Waals surface area contributed by atoms with Crippen molar-refractivity contribution in [1.82, 2.24) is 10.9 Å². The molecular weight excluding hydrogens is 469 g/mol. The van der Waals surface area contributed by atoms with Crippen LogP contribution >= 0.6 is 11.8 Å². The molecule has 0 aliphatic carbocycles. The monoisotopic (exact) mass is 501 g/mol. The Morgan fingerprint density at radius 2 is 2.03 bits per heavy atom. The largest absolute Gasteiger partial charge is 0.494 e. The molecular formula is C26H32FN3O4S. The standard InChI is InChI=1S/C26H32FN3O4S/c1-3-13-26(25(32)30-28-14-17-35-18-20-5-9-22(27)10-6-20)19(2)34-24(29-26)21-7-11-23(12-8-21)33-16-4-15-31/h3,5-12,19,28,31H,1,4,13-18H2,2H3,(H,30,32)/t19-,26-/m0/s1. The first kappa shape index (κ1) is 26.7. The second kappa shape index (κ2) is 13.3. The number of hydrazine groups is 1. The Morgan fingerprint density at radius 3 is 2.71 bits per heavy atom. The van der Waals surface area contributed by atoms with E-state index in [4.69, 9.17) is 14.6 Å². The zero-order chi connectivity index (χ0) is 25.1. The van der Waals surface area contributed by atoms with Crippen LogP contribution in [0.1, 0.15) is 30.9 Å². The number of aliphatic hydroxyl groups excluding tert-OH is 1. The van der Waals surface area contributed by atoms with Gasteiger partial charge in [0.05, 0.1) is 6.61 Å². The number of carbonyl (C=O) groups excluding carboxylic acids is 1. The fourth-order valence-corrected chi connectivity index (χ4v) is 4.37. The van der Waals surface area contributed by atoms with Gasteiger partial charge in [-0.2, -0.15) is 11.8 Å². The molecule has 0 aromatic heterocycles. The van der Waals surface area contributed by atoms with Crippen LogP contribution in [0.5, 0.6) is 5.75 Å². The molecule has 2 aromatic carbocycles. The SMILES string of the molecule is C=CC[C@]1(C(=O)NNCCSCc2ccc(F)cc2)N=C(c2ccc(OCCCO)cc2)O[C@H]1C. The number of amides is 1. The number of ether oxygens (including phenoxy) is 2. The molecule has 0 bridgehead atoms. The molecule has 1 aliphatic heterocycles. The zero-order valence-electron chi connectivity index (χ0n) is 19.8. The maximum absolute atomic E-state index is 13.1. The van der Waals surface area contributed by atoms with Gasteiger partial charge in [-0.05, 0) is 48.9 Å². The van der Waals surface area contributed by atoms with Crippen LogP contribution in [0.4, 0.5) is 4.39 Å². The predicted octanol–water partition coefficient (Wildman–Crippen LogP) is 3.62. The van der Waals surface area contributed by atoms with Gasteiger partial charge in [-0.3, -0.25) is 10.2 Å². The molecule has 1 heterocycles. The van der Waals surface area contributed by atoms with Gasteiger partial charge >= 0.3 is 0 Å². The molecule has 1 aliphatic rings. The molecule has 7 nitrogen and oxygen atoms in total. The van der Waals surface area contributed by atoms with Crippen molar-refractivity contribution in [3.63, 3.8) is 0 Å². The average molecular weight is 502 g/mol. The summed E-state index contributed by atoms with van der Waals surface area (Å²) in [7, 11) is 0. The Labute approximate surface area is 209 Å². The lowest BCUT2D eigenvalue weighted by molar-refractivity contribution is -0.129. The molecule has 188 valence electrons. The molecule has 3 rings (SSSR count). The number of hydrogen-bond donors (Lipinski definition) is 3. The lowest BCUT2D eigenvalue weighted by Gasteiger charge is -2.26. The molecule has 1 amide bonds. The Morgan fingerprint density at radius 1 is 1.29 bits per heavy atom. The molecule has 2 aromatic rings. The zero-order valence-corrected chi connectivity index (χ0v) is 20.7. The van der Waals surface area contributed by atoms with Gasteiger partial charge in [-0.15, -0.1) is 6.58 Å². The Balaban J connectivity index is 1.54. The number of aliphatic imine (C=N–C) groups is 1. The van der Waals surface area contributed by atoms with Crippen molar-refractivity contribution in [2.45, 2.75) is 37.2 Å². The van der Waals surface area contributed by atoms with Gasteiger partial charge in [0.2, 0.25) is 5.90 Å². The minimum Gasteiger partial charge on any atom is -0.494 e. The summed E-state index contributed by atoms with van der Waals surface area (Å²) in [4.78, 5) is 17.8.